The van der Waals surface area contributed by atoms with Gasteiger partial charge in [-0.05, 0) is 60.9 Å². The molecule has 0 saturated carbocycles. The summed E-state index contributed by atoms with van der Waals surface area (Å²) in [7, 11) is 0. The minimum Gasteiger partial charge on any atom is -0.352 e. The predicted octanol–water partition coefficient (Wildman–Crippen LogP) is 2.57. The quantitative estimate of drug-likeness (QED) is 0.483. The van der Waals surface area contributed by atoms with Gasteiger partial charge < -0.3 is 10.2 Å². The molecule has 114 valence electrons. The van der Waals surface area contributed by atoms with E-state index in [-0.39, 0.29) is 11.6 Å². The van der Waals surface area contributed by atoms with E-state index >= 15 is 0 Å². The van der Waals surface area contributed by atoms with Gasteiger partial charge in [0.1, 0.15) is 0 Å². The number of halogens is 1. The number of non-ortho nitro benzene ring substituents is 1. The largest absolute Gasteiger partial charge is 0.352 e. The van der Waals surface area contributed by atoms with Crippen molar-refractivity contribution in [2.75, 3.05) is 26.2 Å². The molecule has 21 heavy (non-hydrogen) atoms. The minimum absolute atomic E-state index is 0.0829. The summed E-state index contributed by atoms with van der Waals surface area (Å²) in [5.41, 5.74) is 0.214. The second-order valence-electron chi connectivity index (χ2n) is 5.08. The summed E-state index contributed by atoms with van der Waals surface area (Å²) in [5, 5.41) is 13.6. The monoisotopic (exact) mass is 355 g/mol. The van der Waals surface area contributed by atoms with E-state index in [1.165, 1.54) is 31.0 Å². The molecule has 0 aliphatic carbocycles. The van der Waals surface area contributed by atoms with Gasteiger partial charge in [-0.1, -0.05) is 0 Å². The summed E-state index contributed by atoms with van der Waals surface area (Å²) in [6.07, 6.45) is 3.40. The standard InChI is InChI=1S/C14H18BrN3O3/c15-13-5-4-11(18(20)21)10-12(13)14(19)16-6-3-9-17-7-1-2-8-17/h4-5,10H,1-3,6-9H2,(H,16,19). The molecule has 1 aromatic carbocycles. The number of rotatable bonds is 6. The van der Waals surface area contributed by atoms with Crippen LogP contribution in [-0.4, -0.2) is 41.9 Å². The number of carbonyl (C=O) groups excluding carboxylic acids is 1. The Kier molecular flexibility index (Phi) is 5.69. The predicted molar refractivity (Wildman–Crippen MR) is 83.4 cm³/mol. The maximum Gasteiger partial charge on any atom is 0.270 e. The molecule has 1 N–H and O–H groups in total. The van der Waals surface area contributed by atoms with Crippen molar-refractivity contribution >= 4 is 27.5 Å². The molecule has 1 amide bonds. The van der Waals surface area contributed by atoms with Gasteiger partial charge in [0.05, 0.1) is 10.5 Å². The number of hydrogen-bond acceptors (Lipinski definition) is 4. The first-order valence-corrected chi connectivity index (χ1v) is 7.82. The molecule has 0 atom stereocenters. The molecule has 0 unspecified atom stereocenters. The molecule has 0 radical (unpaired) electrons. The highest BCUT2D eigenvalue weighted by Crippen LogP contribution is 2.22. The number of nitro groups is 1. The summed E-state index contributed by atoms with van der Waals surface area (Å²) in [6.45, 7) is 3.84. The highest BCUT2D eigenvalue weighted by molar-refractivity contribution is 9.10. The van der Waals surface area contributed by atoms with Crippen LogP contribution in [0.2, 0.25) is 0 Å². The van der Waals surface area contributed by atoms with E-state index in [0.717, 1.165) is 26.1 Å². The van der Waals surface area contributed by atoms with Gasteiger partial charge in [-0.2, -0.15) is 0 Å². The van der Waals surface area contributed by atoms with Gasteiger partial charge in [0.2, 0.25) is 0 Å². The van der Waals surface area contributed by atoms with Crippen LogP contribution in [0.5, 0.6) is 0 Å². The van der Waals surface area contributed by atoms with Gasteiger partial charge in [-0.3, -0.25) is 14.9 Å². The van der Waals surface area contributed by atoms with Crippen LogP contribution in [0.1, 0.15) is 29.6 Å². The van der Waals surface area contributed by atoms with Gasteiger partial charge in [0.25, 0.3) is 11.6 Å². The van der Waals surface area contributed by atoms with E-state index in [9.17, 15) is 14.9 Å². The number of likely N-dealkylation sites (tertiary alicyclic amines) is 1. The molecular weight excluding hydrogens is 338 g/mol. The lowest BCUT2D eigenvalue weighted by atomic mass is 10.2. The van der Waals surface area contributed by atoms with Crippen LogP contribution in [0.15, 0.2) is 22.7 Å². The lowest BCUT2D eigenvalue weighted by Gasteiger charge is -2.14. The molecule has 7 heteroatoms. The molecule has 6 nitrogen and oxygen atoms in total. The minimum atomic E-state index is -0.503. The van der Waals surface area contributed by atoms with Gasteiger partial charge in [-0.15, -0.1) is 0 Å². The first-order valence-electron chi connectivity index (χ1n) is 7.02. The summed E-state index contributed by atoms with van der Waals surface area (Å²) in [6, 6.07) is 4.19. The molecular formula is C14H18BrN3O3. The third-order valence-corrected chi connectivity index (χ3v) is 4.23. The SMILES string of the molecule is O=C(NCCCN1CCCC1)c1cc([N+](=O)[O-])ccc1Br. The Morgan fingerprint density at radius 1 is 1.38 bits per heavy atom. The topological polar surface area (TPSA) is 75.5 Å². The molecule has 1 aliphatic heterocycles. The Balaban J connectivity index is 1.84. The fraction of sp³-hybridized carbons (Fsp3) is 0.500. The number of amides is 1. The van der Waals surface area contributed by atoms with Crippen molar-refractivity contribution in [2.24, 2.45) is 0 Å². The van der Waals surface area contributed by atoms with Crippen molar-refractivity contribution in [3.05, 3.63) is 38.3 Å². The summed E-state index contributed by atoms with van der Waals surface area (Å²) in [4.78, 5) is 24.7. The Morgan fingerprint density at radius 2 is 2.10 bits per heavy atom. The highest BCUT2D eigenvalue weighted by Gasteiger charge is 2.15. The number of hydrogen-bond donors (Lipinski definition) is 1. The van der Waals surface area contributed by atoms with Crippen molar-refractivity contribution in [2.45, 2.75) is 19.3 Å². The van der Waals surface area contributed by atoms with Crippen molar-refractivity contribution in [3.63, 3.8) is 0 Å². The zero-order valence-corrected chi connectivity index (χ0v) is 13.3. The second-order valence-corrected chi connectivity index (χ2v) is 5.93. The van der Waals surface area contributed by atoms with Gasteiger partial charge in [-0.25, -0.2) is 0 Å². The van der Waals surface area contributed by atoms with Gasteiger partial charge >= 0.3 is 0 Å². The smallest absolute Gasteiger partial charge is 0.270 e. The Morgan fingerprint density at radius 3 is 2.76 bits per heavy atom. The van der Waals surface area contributed by atoms with Crippen molar-refractivity contribution in [3.8, 4) is 0 Å². The van der Waals surface area contributed by atoms with Crippen LogP contribution < -0.4 is 5.32 Å². The van der Waals surface area contributed by atoms with Gasteiger partial charge in [0, 0.05) is 23.2 Å². The molecule has 0 aromatic heterocycles. The van der Waals surface area contributed by atoms with E-state index in [2.05, 4.69) is 26.1 Å². The first-order chi connectivity index (χ1) is 10.1. The van der Waals surface area contributed by atoms with E-state index in [4.69, 9.17) is 0 Å². The van der Waals surface area contributed by atoms with Crippen LogP contribution >= 0.6 is 15.9 Å². The Labute approximate surface area is 131 Å². The number of nitro benzene ring substituents is 1. The zero-order chi connectivity index (χ0) is 15.2. The van der Waals surface area contributed by atoms with E-state index in [1.807, 2.05) is 0 Å². The van der Waals surface area contributed by atoms with Crippen molar-refractivity contribution in [1.29, 1.82) is 0 Å². The molecule has 1 saturated heterocycles. The normalized spacial score (nSPS) is 15.1. The third kappa shape index (κ3) is 4.50. The van der Waals surface area contributed by atoms with Crippen LogP contribution in [0.25, 0.3) is 0 Å². The van der Waals surface area contributed by atoms with E-state index in [1.54, 1.807) is 0 Å². The van der Waals surface area contributed by atoms with Gasteiger partial charge in [0.15, 0.2) is 0 Å². The Hall–Kier alpha value is -1.47. The summed E-state index contributed by atoms with van der Waals surface area (Å²) in [5.74, 6) is -0.285. The molecule has 0 bridgehead atoms. The van der Waals surface area contributed by atoms with Crippen molar-refractivity contribution in [1.82, 2.24) is 10.2 Å². The number of nitrogens with one attached hydrogen (secondary N) is 1. The zero-order valence-electron chi connectivity index (χ0n) is 11.7. The molecule has 1 aromatic rings. The van der Waals surface area contributed by atoms with Crippen LogP contribution in [0.4, 0.5) is 5.69 Å². The van der Waals surface area contributed by atoms with E-state index in [0.29, 0.717) is 16.6 Å². The average molecular weight is 356 g/mol. The molecule has 2 rings (SSSR count). The first kappa shape index (κ1) is 15.9. The molecule has 1 heterocycles. The number of benzene rings is 1. The third-order valence-electron chi connectivity index (χ3n) is 3.54. The van der Waals surface area contributed by atoms with E-state index < -0.39 is 4.92 Å². The maximum absolute atomic E-state index is 12.1. The van der Waals surface area contributed by atoms with Crippen LogP contribution in [0.3, 0.4) is 0 Å². The van der Waals surface area contributed by atoms with Crippen molar-refractivity contribution < 1.29 is 9.72 Å². The van der Waals surface area contributed by atoms with Crippen LogP contribution in [0, 0.1) is 10.1 Å². The second kappa shape index (κ2) is 7.51. The maximum atomic E-state index is 12.1. The summed E-state index contributed by atoms with van der Waals surface area (Å²) >= 11 is 3.25. The number of carbonyl (C=O) groups is 1. The molecule has 1 aliphatic rings. The molecule has 0 spiro atoms. The fourth-order valence-corrected chi connectivity index (χ4v) is 2.83. The average Bonchev–Trinajstić information content (AvgIpc) is 2.96. The van der Waals surface area contributed by atoms with Crippen LogP contribution in [-0.2, 0) is 0 Å². The fourth-order valence-electron chi connectivity index (χ4n) is 2.41. The molecule has 1 fully saturated rings. The summed E-state index contributed by atoms with van der Waals surface area (Å²) < 4.78 is 0.560. The number of nitrogens with zero attached hydrogens (tertiary/aromatic N) is 2. The Bertz CT molecular complexity index is 530. The lowest BCUT2D eigenvalue weighted by Crippen LogP contribution is -2.28. The highest BCUT2D eigenvalue weighted by atomic mass is 79.9. The lowest BCUT2D eigenvalue weighted by molar-refractivity contribution is -0.384.